The molecule has 0 aliphatic carbocycles. The molecule has 0 amide bonds. The highest BCUT2D eigenvalue weighted by Gasteiger charge is 2.30. The lowest BCUT2D eigenvalue weighted by atomic mass is 10.1. The molecule has 0 saturated heterocycles. The quantitative estimate of drug-likeness (QED) is 0.915. The van der Waals surface area contributed by atoms with Gasteiger partial charge < -0.3 is 10.3 Å². The summed E-state index contributed by atoms with van der Waals surface area (Å²) in [7, 11) is 0. The minimum Gasteiger partial charge on any atom is -0.366 e. The maximum Gasteiger partial charge on any atom is 0.416 e. The Kier molecular flexibility index (Phi) is 4.02. The van der Waals surface area contributed by atoms with Crippen LogP contribution in [0.2, 0.25) is 0 Å². The summed E-state index contributed by atoms with van der Waals surface area (Å²) in [6.07, 6.45) is -3.34. The molecule has 112 valence electrons. The van der Waals surface area contributed by atoms with Gasteiger partial charge in [0.2, 0.25) is 0 Å². The van der Waals surface area contributed by atoms with Gasteiger partial charge in [-0.05, 0) is 37.6 Å². The Morgan fingerprint density at radius 3 is 2.62 bits per heavy atom. The standard InChI is InChI=1S/C14H14F3N3O/c1-8-5-9(2)20-13(21)11(8)7-19-12-6-10(3-4-18-12)14(15,16)17/h3-6H,7H2,1-2H3,(H,18,19)(H,20,21). The van der Waals surface area contributed by atoms with E-state index in [0.29, 0.717) is 5.56 Å². The van der Waals surface area contributed by atoms with Crippen molar-refractivity contribution in [3.05, 3.63) is 57.1 Å². The molecule has 0 fully saturated rings. The highest BCUT2D eigenvalue weighted by Crippen LogP contribution is 2.29. The first-order chi connectivity index (χ1) is 9.77. The van der Waals surface area contributed by atoms with Gasteiger partial charge in [-0.15, -0.1) is 0 Å². The molecular formula is C14H14F3N3O. The normalized spacial score (nSPS) is 11.5. The van der Waals surface area contributed by atoms with Crippen LogP contribution in [-0.4, -0.2) is 9.97 Å². The Hall–Kier alpha value is -2.31. The summed E-state index contributed by atoms with van der Waals surface area (Å²) in [5.41, 5.74) is 0.940. The predicted molar refractivity (Wildman–Crippen MR) is 73.1 cm³/mol. The smallest absolute Gasteiger partial charge is 0.366 e. The summed E-state index contributed by atoms with van der Waals surface area (Å²) in [6, 6.07) is 3.62. The molecule has 0 radical (unpaired) electrons. The third-order valence-corrected chi connectivity index (χ3v) is 3.03. The number of aromatic amines is 1. The maximum atomic E-state index is 12.6. The number of aromatic nitrogens is 2. The monoisotopic (exact) mass is 297 g/mol. The number of pyridine rings is 2. The number of alkyl halides is 3. The maximum absolute atomic E-state index is 12.6. The number of hydrogen-bond acceptors (Lipinski definition) is 3. The first kappa shape index (κ1) is 15.1. The first-order valence-corrected chi connectivity index (χ1v) is 6.24. The van der Waals surface area contributed by atoms with E-state index in [-0.39, 0.29) is 17.9 Å². The molecule has 0 unspecified atom stereocenters. The summed E-state index contributed by atoms with van der Waals surface area (Å²) in [5.74, 6) is 0.0733. The van der Waals surface area contributed by atoms with E-state index in [4.69, 9.17) is 0 Å². The molecule has 0 bridgehead atoms. The van der Waals surface area contributed by atoms with Gasteiger partial charge in [-0.3, -0.25) is 4.79 Å². The van der Waals surface area contributed by atoms with Gasteiger partial charge in [0.05, 0.1) is 5.56 Å². The minimum atomic E-state index is -4.42. The van der Waals surface area contributed by atoms with Crippen LogP contribution in [0.1, 0.15) is 22.4 Å². The van der Waals surface area contributed by atoms with Crippen LogP contribution in [0.4, 0.5) is 19.0 Å². The number of nitrogens with zero attached hydrogens (tertiary/aromatic N) is 1. The molecule has 0 saturated carbocycles. The number of rotatable bonds is 3. The van der Waals surface area contributed by atoms with Crippen LogP contribution in [0.15, 0.2) is 29.2 Å². The first-order valence-electron chi connectivity index (χ1n) is 6.24. The van der Waals surface area contributed by atoms with Crippen molar-refractivity contribution in [3.63, 3.8) is 0 Å². The zero-order chi connectivity index (χ0) is 15.6. The predicted octanol–water partition coefficient (Wildman–Crippen LogP) is 3.02. The van der Waals surface area contributed by atoms with E-state index in [9.17, 15) is 18.0 Å². The van der Waals surface area contributed by atoms with Crippen LogP contribution in [0.5, 0.6) is 0 Å². The number of anilines is 1. The summed E-state index contributed by atoms with van der Waals surface area (Å²) in [4.78, 5) is 18.3. The molecule has 0 spiro atoms. The second-order valence-electron chi connectivity index (χ2n) is 4.72. The number of H-pyrrole nitrogens is 1. The molecule has 7 heteroatoms. The van der Waals surface area contributed by atoms with Gasteiger partial charge in [-0.2, -0.15) is 13.2 Å². The second kappa shape index (κ2) is 5.59. The van der Waals surface area contributed by atoms with Crippen molar-refractivity contribution in [2.24, 2.45) is 0 Å². The van der Waals surface area contributed by atoms with E-state index in [1.54, 1.807) is 19.9 Å². The fraction of sp³-hybridized carbons (Fsp3) is 0.286. The Labute approximate surface area is 119 Å². The van der Waals surface area contributed by atoms with E-state index in [2.05, 4.69) is 15.3 Å². The second-order valence-corrected chi connectivity index (χ2v) is 4.72. The van der Waals surface area contributed by atoms with Crippen molar-refractivity contribution >= 4 is 5.82 Å². The molecule has 0 atom stereocenters. The topological polar surface area (TPSA) is 57.8 Å². The average molecular weight is 297 g/mol. The van der Waals surface area contributed by atoms with Gasteiger partial charge in [0, 0.05) is 24.0 Å². The van der Waals surface area contributed by atoms with Gasteiger partial charge in [0.25, 0.3) is 5.56 Å². The van der Waals surface area contributed by atoms with Crippen LogP contribution in [0.3, 0.4) is 0 Å². The van der Waals surface area contributed by atoms with E-state index in [0.717, 1.165) is 29.6 Å². The van der Waals surface area contributed by atoms with Crippen molar-refractivity contribution in [1.82, 2.24) is 9.97 Å². The molecule has 2 aromatic rings. The highest BCUT2D eigenvalue weighted by molar-refractivity contribution is 5.40. The zero-order valence-corrected chi connectivity index (χ0v) is 11.5. The Balaban J connectivity index is 2.20. The third-order valence-electron chi connectivity index (χ3n) is 3.03. The lowest BCUT2D eigenvalue weighted by molar-refractivity contribution is -0.137. The number of hydrogen-bond donors (Lipinski definition) is 2. The van der Waals surface area contributed by atoms with Crippen molar-refractivity contribution < 1.29 is 13.2 Å². The van der Waals surface area contributed by atoms with Gasteiger partial charge in [-0.25, -0.2) is 4.98 Å². The van der Waals surface area contributed by atoms with E-state index in [1.807, 2.05) is 0 Å². The molecule has 2 heterocycles. The van der Waals surface area contributed by atoms with E-state index < -0.39 is 11.7 Å². The van der Waals surface area contributed by atoms with Gasteiger partial charge in [0.1, 0.15) is 5.82 Å². The lowest BCUT2D eigenvalue weighted by Gasteiger charge is -2.11. The van der Waals surface area contributed by atoms with Crippen molar-refractivity contribution in [1.29, 1.82) is 0 Å². The fourth-order valence-corrected chi connectivity index (χ4v) is 1.98. The number of nitrogens with one attached hydrogen (secondary N) is 2. The Morgan fingerprint density at radius 1 is 1.29 bits per heavy atom. The van der Waals surface area contributed by atoms with Gasteiger partial charge >= 0.3 is 6.18 Å². The zero-order valence-electron chi connectivity index (χ0n) is 11.5. The van der Waals surface area contributed by atoms with Gasteiger partial charge in [0.15, 0.2) is 0 Å². The van der Waals surface area contributed by atoms with Crippen LogP contribution < -0.4 is 10.9 Å². The molecule has 0 aliphatic rings. The Bertz CT molecular complexity index is 707. The van der Waals surface area contributed by atoms with Crippen molar-refractivity contribution in [3.8, 4) is 0 Å². The SMILES string of the molecule is Cc1cc(C)c(CNc2cc(C(F)(F)F)ccn2)c(=O)[nH]1. The van der Waals surface area contributed by atoms with Crippen molar-refractivity contribution in [2.45, 2.75) is 26.6 Å². The minimum absolute atomic E-state index is 0.0733. The van der Waals surface area contributed by atoms with Crippen molar-refractivity contribution in [2.75, 3.05) is 5.32 Å². The molecule has 0 aliphatic heterocycles. The van der Waals surface area contributed by atoms with Crippen LogP contribution in [0, 0.1) is 13.8 Å². The van der Waals surface area contributed by atoms with E-state index in [1.165, 1.54) is 0 Å². The largest absolute Gasteiger partial charge is 0.416 e. The molecule has 2 aromatic heterocycles. The Morgan fingerprint density at radius 2 is 2.00 bits per heavy atom. The summed E-state index contributed by atoms with van der Waals surface area (Å²) in [6.45, 7) is 3.65. The molecule has 4 nitrogen and oxygen atoms in total. The summed E-state index contributed by atoms with van der Waals surface area (Å²) in [5, 5.41) is 2.74. The lowest BCUT2D eigenvalue weighted by Crippen LogP contribution is -2.19. The average Bonchev–Trinajstić information content (AvgIpc) is 2.36. The van der Waals surface area contributed by atoms with E-state index >= 15 is 0 Å². The summed E-state index contributed by atoms with van der Waals surface area (Å²) >= 11 is 0. The molecule has 0 aromatic carbocycles. The number of aryl methyl sites for hydroxylation is 2. The molecule has 21 heavy (non-hydrogen) atoms. The fourth-order valence-electron chi connectivity index (χ4n) is 1.98. The third kappa shape index (κ3) is 3.62. The highest BCUT2D eigenvalue weighted by atomic mass is 19.4. The number of halogens is 3. The van der Waals surface area contributed by atoms with Crippen LogP contribution in [-0.2, 0) is 12.7 Å². The molecule has 2 N–H and O–H groups in total. The van der Waals surface area contributed by atoms with Crippen LogP contribution in [0.25, 0.3) is 0 Å². The molecular weight excluding hydrogens is 283 g/mol. The van der Waals surface area contributed by atoms with Gasteiger partial charge in [-0.1, -0.05) is 0 Å². The summed E-state index contributed by atoms with van der Waals surface area (Å²) < 4.78 is 37.8. The molecule has 2 rings (SSSR count). The van der Waals surface area contributed by atoms with Crippen LogP contribution >= 0.6 is 0 Å².